The molecular weight excluding hydrogens is 218 g/mol. The Bertz CT molecular complexity index is 496. The molecule has 1 aromatic heterocycles. The number of rotatable bonds is 2. The molecule has 2 nitrogen and oxygen atoms in total. The van der Waals surface area contributed by atoms with Crippen molar-refractivity contribution in [3.63, 3.8) is 0 Å². The molecule has 0 atom stereocenters. The van der Waals surface area contributed by atoms with Crippen LogP contribution in [0, 0.1) is 11.3 Å². The molecular formula is C13H15NOS. The highest BCUT2D eigenvalue weighted by Gasteiger charge is 2.03. The van der Waals surface area contributed by atoms with Crippen LogP contribution in [0.15, 0.2) is 23.6 Å². The number of hydrogen-bond donors (Lipinski definition) is 1. The SMILES string of the molecule is CC.N#Cc1ccc2scc(CCO)c2c1. The molecule has 0 fully saturated rings. The molecule has 1 aromatic carbocycles. The van der Waals surface area contributed by atoms with Crippen LogP contribution >= 0.6 is 11.3 Å². The van der Waals surface area contributed by atoms with Crippen LogP contribution in [0.25, 0.3) is 10.1 Å². The lowest BCUT2D eigenvalue weighted by Gasteiger charge is -1.95. The van der Waals surface area contributed by atoms with Crippen molar-refractivity contribution in [2.45, 2.75) is 20.3 Å². The second kappa shape index (κ2) is 6.26. The van der Waals surface area contributed by atoms with E-state index in [2.05, 4.69) is 6.07 Å². The number of hydrogen-bond acceptors (Lipinski definition) is 3. The normalized spacial score (nSPS) is 9.38. The van der Waals surface area contributed by atoms with Gasteiger partial charge in [0.2, 0.25) is 0 Å². The fourth-order valence-corrected chi connectivity index (χ4v) is 2.44. The second-order valence-corrected chi connectivity index (χ2v) is 3.97. The molecule has 0 saturated heterocycles. The van der Waals surface area contributed by atoms with Gasteiger partial charge in [-0.1, -0.05) is 13.8 Å². The van der Waals surface area contributed by atoms with Crippen LogP contribution in [-0.4, -0.2) is 11.7 Å². The number of nitrogens with zero attached hydrogens (tertiary/aromatic N) is 1. The Morgan fingerprint density at radius 3 is 2.75 bits per heavy atom. The van der Waals surface area contributed by atoms with Gasteiger partial charge >= 0.3 is 0 Å². The third-order valence-electron chi connectivity index (χ3n) is 2.16. The molecule has 2 aromatic rings. The van der Waals surface area contributed by atoms with Crippen molar-refractivity contribution < 1.29 is 5.11 Å². The highest BCUT2D eigenvalue weighted by atomic mass is 32.1. The summed E-state index contributed by atoms with van der Waals surface area (Å²) >= 11 is 1.65. The number of nitriles is 1. The number of aliphatic hydroxyl groups excluding tert-OH is 1. The third kappa shape index (κ3) is 2.60. The van der Waals surface area contributed by atoms with Crippen molar-refractivity contribution in [1.82, 2.24) is 0 Å². The van der Waals surface area contributed by atoms with Gasteiger partial charge < -0.3 is 5.11 Å². The lowest BCUT2D eigenvalue weighted by Crippen LogP contribution is -1.88. The van der Waals surface area contributed by atoms with Gasteiger partial charge in [0.1, 0.15) is 0 Å². The van der Waals surface area contributed by atoms with Crippen molar-refractivity contribution in [3.8, 4) is 6.07 Å². The van der Waals surface area contributed by atoms with Crippen LogP contribution in [0.4, 0.5) is 0 Å². The molecule has 0 unspecified atom stereocenters. The fourth-order valence-electron chi connectivity index (χ4n) is 1.47. The Hall–Kier alpha value is -1.37. The minimum absolute atomic E-state index is 0.155. The van der Waals surface area contributed by atoms with Gasteiger partial charge in [0.05, 0.1) is 11.6 Å². The number of thiophene rings is 1. The molecule has 0 aliphatic rings. The van der Waals surface area contributed by atoms with Crippen LogP contribution in [0.2, 0.25) is 0 Å². The molecule has 0 spiro atoms. The zero-order valence-corrected chi connectivity index (χ0v) is 10.3. The van der Waals surface area contributed by atoms with E-state index in [1.165, 1.54) is 4.70 Å². The van der Waals surface area contributed by atoms with E-state index in [4.69, 9.17) is 10.4 Å². The molecule has 1 N–H and O–H groups in total. The summed E-state index contributed by atoms with van der Waals surface area (Å²) in [6.45, 7) is 4.16. The maximum atomic E-state index is 8.86. The molecule has 0 saturated carbocycles. The Morgan fingerprint density at radius 1 is 1.38 bits per heavy atom. The van der Waals surface area contributed by atoms with E-state index in [1.807, 2.05) is 37.4 Å². The molecule has 1 heterocycles. The van der Waals surface area contributed by atoms with E-state index in [1.54, 1.807) is 11.3 Å². The van der Waals surface area contributed by atoms with Crippen LogP contribution in [0.3, 0.4) is 0 Å². The lowest BCUT2D eigenvalue weighted by atomic mass is 10.1. The van der Waals surface area contributed by atoms with Gasteiger partial charge in [0.15, 0.2) is 0 Å². The Balaban J connectivity index is 0.000000606. The van der Waals surface area contributed by atoms with Crippen LogP contribution in [-0.2, 0) is 6.42 Å². The van der Waals surface area contributed by atoms with E-state index >= 15 is 0 Å². The van der Waals surface area contributed by atoms with Crippen LogP contribution in [0.1, 0.15) is 25.0 Å². The van der Waals surface area contributed by atoms with E-state index in [-0.39, 0.29) is 6.61 Å². The summed E-state index contributed by atoms with van der Waals surface area (Å²) in [5.41, 5.74) is 1.81. The molecule has 16 heavy (non-hydrogen) atoms. The number of fused-ring (bicyclic) bond motifs is 1. The smallest absolute Gasteiger partial charge is 0.0991 e. The first-order chi connectivity index (χ1) is 7.85. The summed E-state index contributed by atoms with van der Waals surface area (Å²) in [5.74, 6) is 0. The van der Waals surface area contributed by atoms with Gasteiger partial charge in [0, 0.05) is 11.3 Å². The molecule has 0 aliphatic heterocycles. The summed E-state index contributed by atoms with van der Waals surface area (Å²) in [7, 11) is 0. The molecule has 0 amide bonds. The van der Waals surface area contributed by atoms with E-state index in [0.29, 0.717) is 12.0 Å². The summed E-state index contributed by atoms with van der Waals surface area (Å²) in [5, 5.41) is 20.8. The van der Waals surface area contributed by atoms with Gasteiger partial charge in [-0.15, -0.1) is 11.3 Å². The van der Waals surface area contributed by atoms with Gasteiger partial charge in [-0.05, 0) is 40.9 Å². The first kappa shape index (κ1) is 12.7. The third-order valence-corrected chi connectivity index (χ3v) is 3.18. The predicted octanol–water partition coefficient (Wildman–Crippen LogP) is 3.33. The Morgan fingerprint density at radius 2 is 2.12 bits per heavy atom. The van der Waals surface area contributed by atoms with E-state index in [9.17, 15) is 0 Å². The van der Waals surface area contributed by atoms with Crippen molar-refractivity contribution in [2.75, 3.05) is 6.61 Å². The summed E-state index contributed by atoms with van der Waals surface area (Å²) < 4.78 is 1.17. The maximum absolute atomic E-state index is 8.86. The second-order valence-electron chi connectivity index (χ2n) is 3.06. The molecule has 0 aliphatic carbocycles. The molecule has 84 valence electrons. The van der Waals surface area contributed by atoms with Crippen molar-refractivity contribution in [2.24, 2.45) is 0 Å². The van der Waals surface area contributed by atoms with E-state index < -0.39 is 0 Å². The molecule has 2 rings (SSSR count). The Kier molecular flexibility index (Phi) is 4.97. The first-order valence-corrected chi connectivity index (χ1v) is 6.24. The minimum atomic E-state index is 0.155. The number of benzene rings is 1. The topological polar surface area (TPSA) is 44.0 Å². The van der Waals surface area contributed by atoms with Gasteiger partial charge in [-0.2, -0.15) is 5.26 Å². The summed E-state index contributed by atoms with van der Waals surface area (Å²) in [4.78, 5) is 0. The fraction of sp³-hybridized carbons (Fsp3) is 0.308. The number of aliphatic hydroxyl groups is 1. The van der Waals surface area contributed by atoms with Crippen LogP contribution < -0.4 is 0 Å². The average molecular weight is 233 g/mol. The predicted molar refractivity (Wildman–Crippen MR) is 68.7 cm³/mol. The average Bonchev–Trinajstić information content (AvgIpc) is 2.75. The van der Waals surface area contributed by atoms with Gasteiger partial charge in [-0.25, -0.2) is 0 Å². The van der Waals surface area contributed by atoms with Crippen molar-refractivity contribution in [1.29, 1.82) is 5.26 Å². The van der Waals surface area contributed by atoms with Crippen molar-refractivity contribution in [3.05, 3.63) is 34.7 Å². The van der Waals surface area contributed by atoms with Gasteiger partial charge in [0.25, 0.3) is 0 Å². The standard InChI is InChI=1S/C11H9NOS.C2H6/c12-6-8-1-2-11-10(5-8)9(3-4-13)7-14-11;1-2/h1-2,5,7,13H,3-4H2;1-2H3. The molecule has 0 bridgehead atoms. The largest absolute Gasteiger partial charge is 0.396 e. The Labute approximate surface area is 99.8 Å². The summed E-state index contributed by atoms with van der Waals surface area (Å²) in [6.07, 6.45) is 0.662. The van der Waals surface area contributed by atoms with Crippen molar-refractivity contribution >= 4 is 21.4 Å². The lowest BCUT2D eigenvalue weighted by molar-refractivity contribution is 0.300. The van der Waals surface area contributed by atoms with Crippen LogP contribution in [0.5, 0.6) is 0 Å². The molecule has 3 heteroatoms. The zero-order valence-electron chi connectivity index (χ0n) is 9.53. The minimum Gasteiger partial charge on any atom is -0.396 e. The summed E-state index contributed by atoms with van der Waals surface area (Å²) in [6, 6.07) is 7.78. The van der Waals surface area contributed by atoms with Gasteiger partial charge in [-0.3, -0.25) is 0 Å². The maximum Gasteiger partial charge on any atom is 0.0991 e. The zero-order chi connectivity index (χ0) is 12.0. The quantitative estimate of drug-likeness (QED) is 0.864. The molecule has 0 radical (unpaired) electrons. The first-order valence-electron chi connectivity index (χ1n) is 5.36. The van der Waals surface area contributed by atoms with E-state index in [0.717, 1.165) is 10.9 Å². The highest BCUT2D eigenvalue weighted by molar-refractivity contribution is 7.17. The highest BCUT2D eigenvalue weighted by Crippen LogP contribution is 2.27. The monoisotopic (exact) mass is 233 g/mol.